The summed E-state index contributed by atoms with van der Waals surface area (Å²) in [6, 6.07) is 1.62. The molecule has 0 aromatic heterocycles. The molecule has 0 radical (unpaired) electrons. The van der Waals surface area contributed by atoms with Crippen LogP contribution in [-0.4, -0.2) is 11.6 Å². The fourth-order valence-electron chi connectivity index (χ4n) is 1.38. The van der Waals surface area contributed by atoms with Gasteiger partial charge in [0.05, 0.1) is 0 Å². The van der Waals surface area contributed by atoms with Crippen LogP contribution in [0.2, 0.25) is 0 Å². The van der Waals surface area contributed by atoms with Crippen LogP contribution in [0.25, 0.3) is 0 Å². The van der Waals surface area contributed by atoms with E-state index in [1.54, 1.807) is 12.1 Å². The van der Waals surface area contributed by atoms with Gasteiger partial charge in [0, 0.05) is 12.3 Å². The Morgan fingerprint density at radius 3 is 2.24 bits per heavy atom. The van der Waals surface area contributed by atoms with Gasteiger partial charge in [0.25, 0.3) is 0 Å². The number of nitriles is 1. The topological polar surface area (TPSA) is 57.9 Å². The first-order valence-electron chi connectivity index (χ1n) is 5.44. The first kappa shape index (κ1) is 15.0. The molecule has 0 fully saturated rings. The highest BCUT2D eigenvalue weighted by molar-refractivity contribution is 5.96. The van der Waals surface area contributed by atoms with E-state index in [9.17, 15) is 9.59 Å². The van der Waals surface area contributed by atoms with Crippen LogP contribution in [-0.2, 0) is 9.59 Å². The van der Waals surface area contributed by atoms with Gasteiger partial charge in [-0.25, -0.2) is 0 Å². The minimum atomic E-state index is -0.473. The maximum absolute atomic E-state index is 11.4. The molecule has 0 saturated heterocycles. The van der Waals surface area contributed by atoms with E-state index >= 15 is 0 Å². The molecule has 1 unspecified atom stereocenters. The highest BCUT2D eigenvalue weighted by Crippen LogP contribution is 2.18. The average Bonchev–Trinajstić information content (AvgIpc) is 2.36. The summed E-state index contributed by atoms with van der Waals surface area (Å²) in [5.74, 6) is -0.984. The van der Waals surface area contributed by atoms with E-state index in [1.165, 1.54) is 6.08 Å². The number of rotatable bonds is 9. The molecule has 0 rings (SSSR count). The lowest BCUT2D eigenvalue weighted by atomic mass is 9.91. The number of hydrogen-bond donors (Lipinski definition) is 0. The third-order valence-corrected chi connectivity index (χ3v) is 2.55. The minimum absolute atomic E-state index is 0.108. The Hall–Kier alpha value is -1.95. The van der Waals surface area contributed by atoms with Gasteiger partial charge in [-0.3, -0.25) is 9.59 Å². The number of ketones is 2. The monoisotopic (exact) mass is 231 g/mol. The molecule has 0 aliphatic heterocycles. The highest BCUT2D eigenvalue weighted by atomic mass is 16.1. The van der Waals surface area contributed by atoms with E-state index in [1.807, 2.05) is 0 Å². The third-order valence-electron chi connectivity index (χ3n) is 2.55. The van der Waals surface area contributed by atoms with E-state index < -0.39 is 11.7 Å². The molecule has 0 spiro atoms. The first-order chi connectivity index (χ1) is 8.04. The zero-order valence-electron chi connectivity index (χ0n) is 9.95. The normalized spacial score (nSPS) is 11.0. The van der Waals surface area contributed by atoms with Gasteiger partial charge in [-0.05, 0) is 25.3 Å². The smallest absolute Gasteiger partial charge is 0.235 e. The molecule has 0 aliphatic carbocycles. The van der Waals surface area contributed by atoms with Crippen LogP contribution >= 0.6 is 0 Å². The van der Waals surface area contributed by atoms with Gasteiger partial charge in [0.15, 0.2) is 5.78 Å². The number of Topliss-reactive ketones (excluding diaryl/α,β-unsaturated/α-hetero) is 1. The summed E-state index contributed by atoms with van der Waals surface area (Å²) in [6.07, 6.45) is 4.65. The SMILES string of the molecule is C=CC(=C)CCC(CCC(=O)C=C)C(=O)C#N. The second-order valence-electron chi connectivity index (χ2n) is 3.78. The Morgan fingerprint density at radius 1 is 1.18 bits per heavy atom. The second kappa shape index (κ2) is 8.23. The van der Waals surface area contributed by atoms with E-state index in [0.717, 1.165) is 5.57 Å². The number of hydrogen-bond acceptors (Lipinski definition) is 3. The minimum Gasteiger partial charge on any atom is -0.295 e. The molecular weight excluding hydrogens is 214 g/mol. The number of carbonyl (C=O) groups excluding carboxylic acids is 2. The lowest BCUT2D eigenvalue weighted by Crippen LogP contribution is -2.14. The molecule has 3 heteroatoms. The average molecular weight is 231 g/mol. The highest BCUT2D eigenvalue weighted by Gasteiger charge is 2.18. The Labute approximate surface area is 102 Å². The van der Waals surface area contributed by atoms with Crippen LogP contribution in [0.4, 0.5) is 0 Å². The van der Waals surface area contributed by atoms with E-state index in [0.29, 0.717) is 19.3 Å². The Kier molecular flexibility index (Phi) is 7.29. The van der Waals surface area contributed by atoms with Gasteiger partial charge in [-0.15, -0.1) is 0 Å². The fraction of sp³-hybridized carbons (Fsp3) is 0.357. The van der Waals surface area contributed by atoms with E-state index in [4.69, 9.17) is 5.26 Å². The maximum atomic E-state index is 11.4. The van der Waals surface area contributed by atoms with Crippen molar-refractivity contribution in [1.82, 2.24) is 0 Å². The molecule has 0 saturated carbocycles. The van der Waals surface area contributed by atoms with Crippen molar-refractivity contribution in [1.29, 1.82) is 5.26 Å². The summed E-state index contributed by atoms with van der Waals surface area (Å²) in [6.45, 7) is 10.7. The van der Waals surface area contributed by atoms with Crippen molar-refractivity contribution in [3.8, 4) is 6.07 Å². The second-order valence-corrected chi connectivity index (χ2v) is 3.78. The predicted molar refractivity (Wildman–Crippen MR) is 67.1 cm³/mol. The van der Waals surface area contributed by atoms with Crippen LogP contribution in [0.15, 0.2) is 37.5 Å². The van der Waals surface area contributed by atoms with Gasteiger partial charge in [0.1, 0.15) is 6.07 Å². The van der Waals surface area contributed by atoms with Crippen molar-refractivity contribution < 1.29 is 9.59 Å². The zero-order chi connectivity index (χ0) is 13.3. The molecule has 1 atom stereocenters. The fourth-order valence-corrected chi connectivity index (χ4v) is 1.38. The maximum Gasteiger partial charge on any atom is 0.235 e. The number of carbonyl (C=O) groups is 2. The quantitative estimate of drug-likeness (QED) is 0.348. The van der Waals surface area contributed by atoms with Crippen molar-refractivity contribution in [2.24, 2.45) is 5.92 Å². The third kappa shape index (κ3) is 6.26. The van der Waals surface area contributed by atoms with Crippen molar-refractivity contribution in [3.05, 3.63) is 37.5 Å². The molecule has 0 N–H and O–H groups in total. The van der Waals surface area contributed by atoms with Gasteiger partial charge >= 0.3 is 0 Å². The standard InChI is InChI=1S/C14H17NO2/c1-4-11(3)6-7-12(14(17)10-15)8-9-13(16)5-2/h4-5,12H,1-3,6-9H2. The summed E-state index contributed by atoms with van der Waals surface area (Å²) in [5.41, 5.74) is 0.829. The van der Waals surface area contributed by atoms with Crippen LogP contribution in [0.5, 0.6) is 0 Å². The molecule has 90 valence electrons. The van der Waals surface area contributed by atoms with Gasteiger partial charge in [-0.1, -0.05) is 31.4 Å². The van der Waals surface area contributed by atoms with Crippen molar-refractivity contribution in [3.63, 3.8) is 0 Å². The van der Waals surface area contributed by atoms with Crippen molar-refractivity contribution in [2.45, 2.75) is 25.7 Å². The van der Waals surface area contributed by atoms with Gasteiger partial charge in [0.2, 0.25) is 5.78 Å². The Morgan fingerprint density at radius 2 is 1.76 bits per heavy atom. The molecule has 0 aliphatic rings. The molecule has 17 heavy (non-hydrogen) atoms. The summed E-state index contributed by atoms with van der Waals surface area (Å²) in [7, 11) is 0. The van der Waals surface area contributed by atoms with Crippen LogP contribution in [0, 0.1) is 17.2 Å². The molecular formula is C14H17NO2. The van der Waals surface area contributed by atoms with Crippen LogP contribution in [0.1, 0.15) is 25.7 Å². The van der Waals surface area contributed by atoms with Crippen molar-refractivity contribution in [2.75, 3.05) is 0 Å². The molecule has 0 bridgehead atoms. The summed E-state index contributed by atoms with van der Waals surface area (Å²) in [4.78, 5) is 22.4. The van der Waals surface area contributed by atoms with E-state index in [-0.39, 0.29) is 12.2 Å². The summed E-state index contributed by atoms with van der Waals surface area (Å²) in [5, 5.41) is 8.60. The molecule has 3 nitrogen and oxygen atoms in total. The van der Waals surface area contributed by atoms with Crippen LogP contribution in [0.3, 0.4) is 0 Å². The molecule has 0 aromatic carbocycles. The van der Waals surface area contributed by atoms with Gasteiger partial charge in [-0.2, -0.15) is 5.26 Å². The number of nitrogens with zero attached hydrogens (tertiary/aromatic N) is 1. The van der Waals surface area contributed by atoms with Gasteiger partial charge < -0.3 is 0 Å². The predicted octanol–water partition coefficient (Wildman–Crippen LogP) is 2.75. The molecule has 0 heterocycles. The first-order valence-corrected chi connectivity index (χ1v) is 5.44. The Balaban J connectivity index is 4.34. The number of allylic oxidation sites excluding steroid dienone is 3. The molecule has 0 aromatic rings. The largest absolute Gasteiger partial charge is 0.295 e. The lowest BCUT2D eigenvalue weighted by Gasteiger charge is -2.11. The van der Waals surface area contributed by atoms with E-state index in [2.05, 4.69) is 19.7 Å². The summed E-state index contributed by atoms with van der Waals surface area (Å²) < 4.78 is 0. The Bertz CT molecular complexity index is 350. The summed E-state index contributed by atoms with van der Waals surface area (Å²) >= 11 is 0. The van der Waals surface area contributed by atoms with Crippen molar-refractivity contribution >= 4 is 11.6 Å². The lowest BCUT2D eigenvalue weighted by molar-refractivity contribution is -0.118. The zero-order valence-corrected chi connectivity index (χ0v) is 9.95. The van der Waals surface area contributed by atoms with Crippen LogP contribution < -0.4 is 0 Å². The molecule has 0 amide bonds.